The summed E-state index contributed by atoms with van der Waals surface area (Å²) in [7, 11) is 1.74. The van der Waals surface area contributed by atoms with Gasteiger partial charge in [0.05, 0.1) is 12.7 Å². The van der Waals surface area contributed by atoms with Crippen LogP contribution in [0.5, 0.6) is 5.75 Å². The zero-order valence-corrected chi connectivity index (χ0v) is 14.0. The third kappa shape index (κ3) is 4.07. The molecule has 2 aliphatic carbocycles. The van der Waals surface area contributed by atoms with Gasteiger partial charge < -0.3 is 10.5 Å². The predicted molar refractivity (Wildman–Crippen MR) is 94.3 cm³/mol. The summed E-state index contributed by atoms with van der Waals surface area (Å²) in [6.07, 6.45) is 5.45. The number of amides is 2. The molecule has 1 aromatic carbocycles. The Kier molecular flexibility index (Phi) is 4.85. The highest BCUT2D eigenvalue weighted by molar-refractivity contribution is 5.86. The van der Waals surface area contributed by atoms with E-state index in [0.717, 1.165) is 17.6 Å². The fourth-order valence-electron chi connectivity index (χ4n) is 3.22. The molecule has 6 nitrogen and oxygen atoms in total. The first-order valence-corrected chi connectivity index (χ1v) is 8.20. The van der Waals surface area contributed by atoms with E-state index in [4.69, 9.17) is 15.7 Å². The van der Waals surface area contributed by atoms with E-state index in [2.05, 4.69) is 28.5 Å². The Hall–Kier alpha value is -3.07. The first-order valence-electron chi connectivity index (χ1n) is 8.20. The van der Waals surface area contributed by atoms with Crippen LogP contribution in [0, 0.1) is 17.2 Å². The van der Waals surface area contributed by atoms with Gasteiger partial charge in [0.1, 0.15) is 17.6 Å². The number of nitrogens with zero attached hydrogens (tertiary/aromatic N) is 2. The number of aromatic nitrogens is 1. The van der Waals surface area contributed by atoms with Crippen molar-refractivity contribution in [2.45, 2.75) is 25.2 Å². The molecular formula is C19H20N4O2. The number of rotatable bonds is 2. The number of nitrogens with one attached hydrogen (secondary N) is 1. The second-order valence-corrected chi connectivity index (χ2v) is 6.24. The summed E-state index contributed by atoms with van der Waals surface area (Å²) >= 11 is 0. The smallest absolute Gasteiger partial charge is 0.317 e. The molecule has 2 amide bonds. The van der Waals surface area contributed by atoms with Crippen molar-refractivity contribution >= 4 is 11.8 Å². The number of benzene rings is 1. The number of hydrogen-bond donors (Lipinski definition) is 2. The van der Waals surface area contributed by atoms with Gasteiger partial charge in [-0.3, -0.25) is 5.32 Å². The van der Waals surface area contributed by atoms with Crippen molar-refractivity contribution in [3.8, 4) is 11.8 Å². The van der Waals surface area contributed by atoms with Crippen LogP contribution in [0.3, 0.4) is 0 Å². The van der Waals surface area contributed by atoms with E-state index < -0.39 is 6.03 Å². The van der Waals surface area contributed by atoms with Crippen LogP contribution in [0.2, 0.25) is 0 Å². The molecule has 0 saturated heterocycles. The Morgan fingerprint density at radius 3 is 2.88 bits per heavy atom. The minimum absolute atomic E-state index is 0.335. The molecule has 1 aromatic heterocycles. The summed E-state index contributed by atoms with van der Waals surface area (Å²) in [5.41, 5.74) is 8.40. The normalized spacial score (nSPS) is 19.2. The number of aryl methyl sites for hydroxylation is 1. The second kappa shape index (κ2) is 7.22. The molecule has 0 bridgehead atoms. The van der Waals surface area contributed by atoms with Gasteiger partial charge in [-0.05, 0) is 66.5 Å². The molecule has 0 unspecified atom stereocenters. The van der Waals surface area contributed by atoms with E-state index in [1.807, 2.05) is 6.07 Å². The van der Waals surface area contributed by atoms with E-state index in [-0.39, 0.29) is 0 Å². The average Bonchev–Trinajstić information content (AvgIpc) is 3.42. The van der Waals surface area contributed by atoms with Crippen LogP contribution >= 0.6 is 0 Å². The summed E-state index contributed by atoms with van der Waals surface area (Å²) in [5, 5.41) is 10.7. The maximum Gasteiger partial charge on any atom is 0.317 e. The molecule has 0 aliphatic heterocycles. The highest BCUT2D eigenvalue weighted by Crippen LogP contribution is 2.54. The molecule has 25 heavy (non-hydrogen) atoms. The number of carbonyl (C=O) groups excluding carboxylic acids is 1. The Morgan fingerprint density at radius 2 is 2.24 bits per heavy atom. The Morgan fingerprint density at radius 1 is 1.40 bits per heavy atom. The molecule has 2 aromatic rings. The number of hydrogen-bond acceptors (Lipinski definition) is 4. The van der Waals surface area contributed by atoms with E-state index in [9.17, 15) is 4.79 Å². The zero-order chi connectivity index (χ0) is 17.8. The van der Waals surface area contributed by atoms with Gasteiger partial charge in [0.2, 0.25) is 0 Å². The largest absolute Gasteiger partial charge is 0.497 e. The van der Waals surface area contributed by atoms with Crippen molar-refractivity contribution < 1.29 is 9.53 Å². The van der Waals surface area contributed by atoms with Crippen molar-refractivity contribution in [3.63, 3.8) is 0 Å². The van der Waals surface area contributed by atoms with Crippen LogP contribution in [0.1, 0.15) is 35.4 Å². The summed E-state index contributed by atoms with van der Waals surface area (Å²) in [4.78, 5) is 14.1. The summed E-state index contributed by atoms with van der Waals surface area (Å²) < 4.78 is 5.25. The summed E-state index contributed by atoms with van der Waals surface area (Å²) in [6, 6.07) is 10.8. The van der Waals surface area contributed by atoms with Crippen LogP contribution in [0.25, 0.3) is 0 Å². The molecule has 2 aliphatic rings. The highest BCUT2D eigenvalue weighted by atomic mass is 16.5. The number of pyridine rings is 1. The van der Waals surface area contributed by atoms with Crippen molar-refractivity contribution in [1.82, 2.24) is 4.98 Å². The maximum atomic E-state index is 10.3. The number of anilines is 1. The van der Waals surface area contributed by atoms with Crippen LogP contribution < -0.4 is 15.8 Å². The molecule has 1 saturated carbocycles. The molecule has 128 valence electrons. The van der Waals surface area contributed by atoms with E-state index in [1.54, 1.807) is 18.2 Å². The van der Waals surface area contributed by atoms with Gasteiger partial charge in [0.15, 0.2) is 0 Å². The number of carbonyl (C=O) groups is 1. The first-order chi connectivity index (χ1) is 12.1. The van der Waals surface area contributed by atoms with Crippen LogP contribution in [0.4, 0.5) is 10.6 Å². The van der Waals surface area contributed by atoms with E-state index in [1.165, 1.54) is 37.6 Å². The van der Waals surface area contributed by atoms with Crippen molar-refractivity contribution in [2.24, 2.45) is 11.7 Å². The number of nitriles is 1. The molecule has 6 heteroatoms. The summed E-state index contributed by atoms with van der Waals surface area (Å²) in [5.74, 6) is 3.23. The molecule has 0 radical (unpaired) electrons. The van der Waals surface area contributed by atoms with Crippen molar-refractivity contribution in [2.75, 3.05) is 12.4 Å². The fourth-order valence-corrected chi connectivity index (χ4v) is 3.22. The van der Waals surface area contributed by atoms with Crippen LogP contribution in [-0.2, 0) is 6.42 Å². The zero-order valence-electron chi connectivity index (χ0n) is 14.0. The van der Waals surface area contributed by atoms with Gasteiger partial charge in [-0.2, -0.15) is 5.26 Å². The van der Waals surface area contributed by atoms with Gasteiger partial charge >= 0.3 is 6.03 Å². The topological polar surface area (TPSA) is 101 Å². The SMILES string of the molecule is COc1ccc2c(c1)[C@@H]1C[C@@H]1CC2.N#Cc1ccc(NC(N)=O)nc1. The Balaban J connectivity index is 0.000000147. The lowest BCUT2D eigenvalue weighted by Gasteiger charge is -2.15. The summed E-state index contributed by atoms with van der Waals surface area (Å²) in [6.45, 7) is 0. The predicted octanol–water partition coefficient (Wildman–Crippen LogP) is 3.19. The van der Waals surface area contributed by atoms with Gasteiger partial charge in [0, 0.05) is 6.20 Å². The molecule has 4 rings (SSSR count). The lowest BCUT2D eigenvalue weighted by atomic mass is 9.92. The number of fused-ring (bicyclic) bond motifs is 3. The average molecular weight is 336 g/mol. The molecule has 0 spiro atoms. The van der Waals surface area contributed by atoms with Crippen molar-refractivity contribution in [3.05, 3.63) is 53.2 Å². The second-order valence-electron chi connectivity index (χ2n) is 6.24. The van der Waals surface area contributed by atoms with Gasteiger partial charge in [-0.25, -0.2) is 9.78 Å². The number of primary amides is 1. The number of methoxy groups -OCH3 is 1. The van der Waals surface area contributed by atoms with Crippen LogP contribution in [0.15, 0.2) is 36.5 Å². The third-order valence-electron chi connectivity index (χ3n) is 4.60. The third-order valence-corrected chi connectivity index (χ3v) is 4.60. The van der Waals surface area contributed by atoms with E-state index in [0.29, 0.717) is 11.4 Å². The Bertz CT molecular complexity index is 811. The van der Waals surface area contributed by atoms with Gasteiger partial charge in [-0.1, -0.05) is 6.07 Å². The standard InChI is InChI=1S/C12H14O.C7H6N4O/c1-13-10-5-4-8-2-3-9-6-11(9)12(8)7-10;8-3-5-1-2-6(10-4-5)11-7(9)12/h4-5,7,9,11H,2-3,6H2,1H3;1-2,4H,(H3,9,10,11,12)/t9-,11+;/m0./s1. The maximum absolute atomic E-state index is 10.3. The quantitative estimate of drug-likeness (QED) is 0.879. The molecule has 2 atom stereocenters. The minimum atomic E-state index is -0.674. The van der Waals surface area contributed by atoms with Gasteiger partial charge in [-0.15, -0.1) is 0 Å². The van der Waals surface area contributed by atoms with Gasteiger partial charge in [0.25, 0.3) is 0 Å². The fraction of sp³-hybridized carbons (Fsp3) is 0.316. The lowest BCUT2D eigenvalue weighted by molar-refractivity contribution is 0.259. The number of nitrogens with two attached hydrogens (primary N) is 1. The monoisotopic (exact) mass is 336 g/mol. The Labute approximate surface area is 146 Å². The molecule has 1 heterocycles. The lowest BCUT2D eigenvalue weighted by Crippen LogP contribution is -2.19. The highest BCUT2D eigenvalue weighted by Gasteiger charge is 2.41. The molecule has 1 fully saturated rings. The molecular weight excluding hydrogens is 316 g/mol. The minimum Gasteiger partial charge on any atom is -0.497 e. The molecule has 3 N–H and O–H groups in total. The number of ether oxygens (including phenoxy) is 1. The number of urea groups is 1. The van der Waals surface area contributed by atoms with E-state index >= 15 is 0 Å². The van der Waals surface area contributed by atoms with Crippen molar-refractivity contribution in [1.29, 1.82) is 5.26 Å². The first kappa shape index (κ1) is 16.8. The van der Waals surface area contributed by atoms with Crippen LogP contribution in [-0.4, -0.2) is 18.1 Å².